The Balaban J connectivity index is 1.20. The summed E-state index contributed by atoms with van der Waals surface area (Å²) in [6, 6.07) is 11.8. The predicted octanol–water partition coefficient (Wildman–Crippen LogP) is 1.60. The second-order valence-corrected chi connectivity index (χ2v) is 8.26. The summed E-state index contributed by atoms with van der Waals surface area (Å²) in [4.78, 5) is 24.9. The quantitative estimate of drug-likeness (QED) is 0.381. The number of rotatable bonds is 8. The summed E-state index contributed by atoms with van der Waals surface area (Å²) in [5, 5.41) is 20.0. The van der Waals surface area contributed by atoms with Gasteiger partial charge in [-0.1, -0.05) is 0 Å². The van der Waals surface area contributed by atoms with Gasteiger partial charge in [-0.3, -0.25) is 9.59 Å². The van der Waals surface area contributed by atoms with Gasteiger partial charge in [-0.2, -0.15) is 9.61 Å². The lowest BCUT2D eigenvalue weighted by Gasteiger charge is -2.15. The van der Waals surface area contributed by atoms with Crippen LogP contribution in [0.4, 0.5) is 0 Å². The number of aryl methyl sites for hydroxylation is 2. The number of amides is 1. The van der Waals surface area contributed by atoms with E-state index in [-0.39, 0.29) is 24.6 Å². The third-order valence-corrected chi connectivity index (χ3v) is 5.97. The average Bonchev–Trinajstić information content (AvgIpc) is 3.51. The number of nitrogens with one attached hydrogen (secondary N) is 1. The molecule has 0 aliphatic heterocycles. The van der Waals surface area contributed by atoms with Gasteiger partial charge in [0, 0.05) is 17.7 Å². The molecule has 4 aromatic rings. The van der Waals surface area contributed by atoms with E-state index in [0.717, 1.165) is 41.8 Å². The van der Waals surface area contributed by atoms with Crippen LogP contribution in [0.2, 0.25) is 0 Å². The van der Waals surface area contributed by atoms with Crippen molar-refractivity contribution in [1.82, 2.24) is 34.9 Å². The Morgan fingerprint density at radius 3 is 2.74 bits per heavy atom. The molecule has 5 rings (SSSR count). The number of methoxy groups -OCH3 is 1. The van der Waals surface area contributed by atoms with Crippen molar-refractivity contribution in [2.24, 2.45) is 0 Å². The number of benzene rings is 1. The van der Waals surface area contributed by atoms with Gasteiger partial charge in [0.2, 0.25) is 11.8 Å². The van der Waals surface area contributed by atoms with E-state index in [0.29, 0.717) is 17.4 Å². The first-order valence-electron chi connectivity index (χ1n) is 11.4. The smallest absolute Gasteiger partial charge is 0.267 e. The van der Waals surface area contributed by atoms with Crippen molar-refractivity contribution in [3.05, 3.63) is 64.1 Å². The number of fused-ring (bicyclic) bond motifs is 2. The topological polar surface area (TPSA) is 126 Å². The molecule has 1 amide bonds. The van der Waals surface area contributed by atoms with Gasteiger partial charge in [0.05, 0.1) is 19.3 Å². The maximum Gasteiger partial charge on any atom is 0.267 e. The third kappa shape index (κ3) is 4.57. The van der Waals surface area contributed by atoms with Crippen LogP contribution in [0.15, 0.2) is 47.3 Å². The summed E-state index contributed by atoms with van der Waals surface area (Å²) in [5.41, 5.74) is 3.04. The summed E-state index contributed by atoms with van der Waals surface area (Å²) in [7, 11) is 1.61. The number of nitrogens with zero attached hydrogens (tertiary/aromatic N) is 6. The summed E-state index contributed by atoms with van der Waals surface area (Å²) in [5.74, 6) is 1.38. The normalized spacial score (nSPS) is 13.4. The van der Waals surface area contributed by atoms with Crippen molar-refractivity contribution in [3.8, 4) is 23.0 Å². The van der Waals surface area contributed by atoms with Crippen LogP contribution in [0.5, 0.6) is 11.6 Å². The second-order valence-electron chi connectivity index (χ2n) is 8.26. The first-order valence-corrected chi connectivity index (χ1v) is 11.4. The van der Waals surface area contributed by atoms with Crippen LogP contribution in [0.25, 0.3) is 17.0 Å². The molecule has 1 aliphatic rings. The molecule has 1 N–H and O–H groups in total. The van der Waals surface area contributed by atoms with Gasteiger partial charge in [0.25, 0.3) is 5.56 Å². The molecule has 0 saturated heterocycles. The van der Waals surface area contributed by atoms with Crippen LogP contribution in [-0.2, 0) is 17.6 Å². The molecular formula is C24H25N7O4. The Morgan fingerprint density at radius 1 is 1.11 bits per heavy atom. The van der Waals surface area contributed by atoms with Gasteiger partial charge in [0.1, 0.15) is 18.4 Å². The average molecular weight is 476 g/mol. The largest absolute Gasteiger partial charge is 0.497 e. The lowest BCUT2D eigenvalue weighted by Crippen LogP contribution is -2.38. The van der Waals surface area contributed by atoms with Crippen LogP contribution in [0.3, 0.4) is 0 Å². The van der Waals surface area contributed by atoms with E-state index in [4.69, 9.17) is 9.47 Å². The van der Waals surface area contributed by atoms with E-state index < -0.39 is 6.04 Å². The molecule has 11 nitrogen and oxygen atoms in total. The minimum Gasteiger partial charge on any atom is -0.497 e. The summed E-state index contributed by atoms with van der Waals surface area (Å²) in [6.07, 6.45) is 2.69. The molecule has 3 heterocycles. The van der Waals surface area contributed by atoms with Crippen LogP contribution >= 0.6 is 0 Å². The number of hydrogen-bond acceptors (Lipinski definition) is 8. The molecule has 1 aliphatic carbocycles. The van der Waals surface area contributed by atoms with Gasteiger partial charge in [-0.25, -0.2) is 4.68 Å². The lowest BCUT2D eigenvalue weighted by atomic mass is 10.2. The molecule has 0 radical (unpaired) electrons. The monoisotopic (exact) mass is 475 g/mol. The van der Waals surface area contributed by atoms with Gasteiger partial charge in [0.15, 0.2) is 11.5 Å². The van der Waals surface area contributed by atoms with Gasteiger partial charge in [-0.05, 0) is 62.1 Å². The fourth-order valence-electron chi connectivity index (χ4n) is 4.05. The van der Waals surface area contributed by atoms with Gasteiger partial charge in [-0.15, -0.1) is 15.3 Å². The highest BCUT2D eigenvalue weighted by Gasteiger charge is 2.21. The zero-order valence-electron chi connectivity index (χ0n) is 19.5. The Labute approximate surface area is 200 Å². The molecule has 0 saturated carbocycles. The molecule has 180 valence electrons. The van der Waals surface area contributed by atoms with Crippen molar-refractivity contribution in [3.63, 3.8) is 0 Å². The van der Waals surface area contributed by atoms with E-state index in [2.05, 4.69) is 25.7 Å². The lowest BCUT2D eigenvalue weighted by molar-refractivity contribution is -0.124. The first-order chi connectivity index (χ1) is 17.0. The number of carbonyl (C=O) groups is 1. The molecule has 0 fully saturated rings. The highest BCUT2D eigenvalue weighted by atomic mass is 16.5. The predicted molar refractivity (Wildman–Crippen MR) is 127 cm³/mol. The maximum absolute atomic E-state index is 12.6. The molecule has 0 bridgehead atoms. The molecular weight excluding hydrogens is 450 g/mol. The SMILES string of the molecule is COc1ccc(-c2nnc3ccc(OCCNC(=O)C(C)n4nc5c(cc4=O)CCC5)nn23)cc1. The Hall–Kier alpha value is -4.28. The molecule has 35 heavy (non-hydrogen) atoms. The van der Waals surface area contributed by atoms with Crippen LogP contribution in [-0.4, -0.2) is 55.8 Å². The Kier molecular flexibility index (Phi) is 6.13. The van der Waals surface area contributed by atoms with Crippen molar-refractivity contribution in [2.75, 3.05) is 20.3 Å². The van der Waals surface area contributed by atoms with E-state index in [1.54, 1.807) is 36.7 Å². The number of hydrogen-bond donors (Lipinski definition) is 1. The highest BCUT2D eigenvalue weighted by Crippen LogP contribution is 2.22. The first kappa shape index (κ1) is 22.5. The van der Waals surface area contributed by atoms with Crippen LogP contribution < -0.4 is 20.3 Å². The van der Waals surface area contributed by atoms with Crippen LogP contribution in [0, 0.1) is 0 Å². The molecule has 11 heteroatoms. The zero-order chi connectivity index (χ0) is 24.4. The fourth-order valence-corrected chi connectivity index (χ4v) is 4.05. The van der Waals surface area contributed by atoms with E-state index in [9.17, 15) is 9.59 Å². The van der Waals surface area contributed by atoms with Gasteiger partial charge >= 0.3 is 0 Å². The summed E-state index contributed by atoms with van der Waals surface area (Å²) in [6.45, 7) is 2.10. The number of aromatic nitrogens is 6. The minimum absolute atomic E-state index is 0.198. The molecule has 1 aromatic carbocycles. The van der Waals surface area contributed by atoms with Crippen molar-refractivity contribution in [1.29, 1.82) is 0 Å². The molecule has 0 spiro atoms. The fraction of sp³-hybridized carbons (Fsp3) is 0.333. The standard InChI is InChI=1S/C24H25N7O4/c1-15(30-22(32)14-17-4-3-5-19(17)28-30)24(33)25-12-13-35-21-11-10-20-26-27-23(31(20)29-21)16-6-8-18(34-2)9-7-16/h6-11,14-15H,3-5,12-13H2,1-2H3,(H,25,33). The zero-order valence-corrected chi connectivity index (χ0v) is 19.5. The van der Waals surface area contributed by atoms with E-state index in [1.807, 2.05) is 24.3 Å². The third-order valence-electron chi connectivity index (χ3n) is 5.97. The number of carbonyl (C=O) groups excluding carboxylic acids is 1. The summed E-state index contributed by atoms with van der Waals surface area (Å²) < 4.78 is 13.8. The van der Waals surface area contributed by atoms with Crippen LogP contribution in [0.1, 0.15) is 30.6 Å². The second kappa shape index (κ2) is 9.53. The maximum atomic E-state index is 12.6. The minimum atomic E-state index is -0.716. The number of ether oxygens (including phenoxy) is 2. The van der Waals surface area contributed by atoms with Crippen molar-refractivity contribution >= 4 is 11.6 Å². The Bertz CT molecular complexity index is 1430. The van der Waals surface area contributed by atoms with Crippen molar-refractivity contribution < 1.29 is 14.3 Å². The molecule has 1 atom stereocenters. The molecule has 1 unspecified atom stereocenters. The van der Waals surface area contributed by atoms with Crippen molar-refractivity contribution in [2.45, 2.75) is 32.2 Å². The highest BCUT2D eigenvalue weighted by molar-refractivity contribution is 5.79. The van der Waals surface area contributed by atoms with E-state index in [1.165, 1.54) is 4.68 Å². The van der Waals surface area contributed by atoms with Gasteiger partial charge < -0.3 is 14.8 Å². The summed E-state index contributed by atoms with van der Waals surface area (Å²) >= 11 is 0. The van der Waals surface area contributed by atoms with E-state index >= 15 is 0 Å². The molecule has 3 aromatic heterocycles. The Morgan fingerprint density at radius 2 is 1.94 bits per heavy atom.